The van der Waals surface area contributed by atoms with E-state index in [-0.39, 0.29) is 11.7 Å². The molecule has 0 spiro atoms. The molecular weight excluding hydrogens is 335 g/mol. The average Bonchev–Trinajstić information content (AvgIpc) is 2.62. The lowest BCUT2D eigenvalue weighted by molar-refractivity contribution is 0.102. The number of ether oxygens (including phenoxy) is 1. The first-order chi connectivity index (χ1) is 12.0. The molecule has 2 aromatic carbocycles. The molecule has 0 bridgehead atoms. The standard InChI is InChI=1S/C17H10F3N3O2/c18-13-7-6-12(14(19)15(13)20)16(24)23-10-8-21-17(22-9-10)25-11-4-2-1-3-5-11/h1-9H,(H,23,24). The van der Waals surface area contributed by atoms with Crippen LogP contribution in [0.25, 0.3) is 0 Å². The van der Waals surface area contributed by atoms with Crippen LogP contribution >= 0.6 is 0 Å². The second kappa shape index (κ2) is 7.00. The zero-order chi connectivity index (χ0) is 17.8. The van der Waals surface area contributed by atoms with E-state index in [4.69, 9.17) is 4.74 Å². The number of halogens is 3. The highest BCUT2D eigenvalue weighted by Gasteiger charge is 2.19. The second-order valence-corrected chi connectivity index (χ2v) is 4.85. The highest BCUT2D eigenvalue weighted by atomic mass is 19.2. The van der Waals surface area contributed by atoms with Crippen LogP contribution in [0.4, 0.5) is 18.9 Å². The second-order valence-electron chi connectivity index (χ2n) is 4.85. The minimum absolute atomic E-state index is 0.0446. The van der Waals surface area contributed by atoms with E-state index in [0.717, 1.165) is 6.07 Å². The fraction of sp³-hybridized carbons (Fsp3) is 0. The monoisotopic (exact) mass is 345 g/mol. The molecule has 0 aliphatic heterocycles. The van der Waals surface area contributed by atoms with Crippen molar-refractivity contribution in [3.63, 3.8) is 0 Å². The Morgan fingerprint density at radius 1 is 0.920 bits per heavy atom. The quantitative estimate of drug-likeness (QED) is 0.728. The van der Waals surface area contributed by atoms with Crippen molar-refractivity contribution in [2.24, 2.45) is 0 Å². The third-order valence-corrected chi connectivity index (χ3v) is 3.12. The van der Waals surface area contributed by atoms with Gasteiger partial charge >= 0.3 is 6.01 Å². The molecule has 0 saturated carbocycles. The van der Waals surface area contributed by atoms with E-state index in [9.17, 15) is 18.0 Å². The SMILES string of the molecule is O=C(Nc1cnc(Oc2ccccc2)nc1)c1ccc(F)c(F)c1F. The molecule has 8 heteroatoms. The molecule has 1 amide bonds. The Hall–Kier alpha value is -3.42. The van der Waals surface area contributed by atoms with Crippen molar-refractivity contribution in [2.75, 3.05) is 5.32 Å². The summed E-state index contributed by atoms with van der Waals surface area (Å²) in [6, 6.07) is 10.4. The fourth-order valence-corrected chi connectivity index (χ4v) is 1.93. The number of aromatic nitrogens is 2. The average molecular weight is 345 g/mol. The van der Waals surface area contributed by atoms with Gasteiger partial charge in [0.15, 0.2) is 17.5 Å². The van der Waals surface area contributed by atoms with Crippen LogP contribution in [0.3, 0.4) is 0 Å². The Morgan fingerprint density at radius 3 is 2.28 bits per heavy atom. The van der Waals surface area contributed by atoms with Gasteiger partial charge in [-0.1, -0.05) is 18.2 Å². The van der Waals surface area contributed by atoms with Crippen LogP contribution in [0.1, 0.15) is 10.4 Å². The van der Waals surface area contributed by atoms with Crippen LogP contribution in [0.2, 0.25) is 0 Å². The van der Waals surface area contributed by atoms with Crippen molar-refractivity contribution in [3.8, 4) is 11.8 Å². The Balaban J connectivity index is 1.71. The Kier molecular flexibility index (Phi) is 4.60. The number of carbonyl (C=O) groups excluding carboxylic acids is 1. The van der Waals surface area contributed by atoms with E-state index in [1.54, 1.807) is 24.3 Å². The number of carbonyl (C=O) groups is 1. The normalized spacial score (nSPS) is 10.4. The molecule has 0 radical (unpaired) electrons. The number of anilines is 1. The molecule has 0 fully saturated rings. The van der Waals surface area contributed by atoms with Gasteiger partial charge in [0, 0.05) is 0 Å². The summed E-state index contributed by atoms with van der Waals surface area (Å²) in [6.07, 6.45) is 2.47. The molecule has 0 atom stereocenters. The Bertz CT molecular complexity index is 903. The van der Waals surface area contributed by atoms with Gasteiger partial charge in [-0.15, -0.1) is 0 Å². The smallest absolute Gasteiger partial charge is 0.322 e. The van der Waals surface area contributed by atoms with E-state index < -0.39 is 28.9 Å². The number of hydrogen-bond acceptors (Lipinski definition) is 4. The molecule has 126 valence electrons. The minimum Gasteiger partial charge on any atom is -0.424 e. The number of hydrogen-bond donors (Lipinski definition) is 1. The van der Waals surface area contributed by atoms with Crippen LogP contribution in [0, 0.1) is 17.5 Å². The van der Waals surface area contributed by atoms with Crippen molar-refractivity contribution in [3.05, 3.63) is 77.9 Å². The topological polar surface area (TPSA) is 64.1 Å². The van der Waals surface area contributed by atoms with Crippen LogP contribution in [-0.2, 0) is 0 Å². The summed E-state index contributed by atoms with van der Waals surface area (Å²) in [4.78, 5) is 19.7. The number of nitrogens with zero attached hydrogens (tertiary/aromatic N) is 2. The fourth-order valence-electron chi connectivity index (χ4n) is 1.93. The molecule has 3 aromatic rings. The van der Waals surface area contributed by atoms with Gasteiger partial charge in [0.1, 0.15) is 5.75 Å². The molecule has 0 aliphatic carbocycles. The maximum absolute atomic E-state index is 13.6. The maximum Gasteiger partial charge on any atom is 0.322 e. The van der Waals surface area contributed by atoms with Gasteiger partial charge in [0.05, 0.1) is 23.6 Å². The molecular formula is C17H10F3N3O2. The predicted octanol–water partition coefficient (Wildman–Crippen LogP) is 3.94. The lowest BCUT2D eigenvalue weighted by Gasteiger charge is -2.07. The van der Waals surface area contributed by atoms with Gasteiger partial charge in [-0.2, -0.15) is 0 Å². The van der Waals surface area contributed by atoms with Crippen LogP contribution in [-0.4, -0.2) is 15.9 Å². The summed E-state index contributed by atoms with van der Waals surface area (Å²) in [7, 11) is 0. The molecule has 1 heterocycles. The molecule has 25 heavy (non-hydrogen) atoms. The highest BCUT2D eigenvalue weighted by molar-refractivity contribution is 6.04. The number of amides is 1. The lowest BCUT2D eigenvalue weighted by Crippen LogP contribution is -2.15. The maximum atomic E-state index is 13.6. The van der Waals surface area contributed by atoms with E-state index >= 15 is 0 Å². The van der Waals surface area contributed by atoms with Crippen molar-refractivity contribution < 1.29 is 22.7 Å². The van der Waals surface area contributed by atoms with Gasteiger partial charge in [0.25, 0.3) is 5.91 Å². The number of rotatable bonds is 4. The molecule has 0 aliphatic rings. The van der Waals surface area contributed by atoms with E-state index in [1.165, 1.54) is 12.4 Å². The van der Waals surface area contributed by atoms with Gasteiger partial charge in [0.2, 0.25) is 0 Å². The first kappa shape index (κ1) is 16.4. The zero-order valence-corrected chi connectivity index (χ0v) is 12.5. The third-order valence-electron chi connectivity index (χ3n) is 3.12. The van der Waals surface area contributed by atoms with Crippen LogP contribution < -0.4 is 10.1 Å². The summed E-state index contributed by atoms with van der Waals surface area (Å²) < 4.78 is 45.1. The molecule has 3 rings (SSSR count). The van der Waals surface area contributed by atoms with Gasteiger partial charge in [-0.3, -0.25) is 4.79 Å². The van der Waals surface area contributed by atoms with Gasteiger partial charge < -0.3 is 10.1 Å². The van der Waals surface area contributed by atoms with Gasteiger partial charge in [-0.25, -0.2) is 23.1 Å². The Morgan fingerprint density at radius 2 is 1.60 bits per heavy atom. The number of benzene rings is 2. The van der Waals surface area contributed by atoms with Crippen molar-refractivity contribution in [1.82, 2.24) is 9.97 Å². The number of para-hydroxylation sites is 1. The van der Waals surface area contributed by atoms with Gasteiger partial charge in [-0.05, 0) is 24.3 Å². The predicted molar refractivity (Wildman–Crippen MR) is 82.8 cm³/mol. The minimum atomic E-state index is -1.71. The zero-order valence-electron chi connectivity index (χ0n) is 12.5. The lowest BCUT2D eigenvalue weighted by atomic mass is 10.2. The molecule has 1 N–H and O–H groups in total. The summed E-state index contributed by atoms with van der Waals surface area (Å²) >= 11 is 0. The summed E-state index contributed by atoms with van der Waals surface area (Å²) in [5.74, 6) is -5.09. The Labute approximate surface area is 140 Å². The molecule has 5 nitrogen and oxygen atoms in total. The number of nitrogens with one attached hydrogen (secondary N) is 1. The van der Waals surface area contributed by atoms with E-state index in [0.29, 0.717) is 11.8 Å². The van der Waals surface area contributed by atoms with E-state index in [2.05, 4.69) is 15.3 Å². The molecule has 0 unspecified atom stereocenters. The summed E-state index contributed by atoms with van der Waals surface area (Å²) in [6.45, 7) is 0. The van der Waals surface area contributed by atoms with Crippen molar-refractivity contribution in [2.45, 2.75) is 0 Å². The van der Waals surface area contributed by atoms with Crippen LogP contribution in [0.15, 0.2) is 54.9 Å². The summed E-state index contributed by atoms with van der Waals surface area (Å²) in [5.41, 5.74) is -0.502. The van der Waals surface area contributed by atoms with Crippen LogP contribution in [0.5, 0.6) is 11.8 Å². The first-order valence-electron chi connectivity index (χ1n) is 7.04. The van der Waals surface area contributed by atoms with E-state index in [1.807, 2.05) is 6.07 Å². The first-order valence-corrected chi connectivity index (χ1v) is 7.04. The highest BCUT2D eigenvalue weighted by Crippen LogP contribution is 2.19. The summed E-state index contributed by atoms with van der Waals surface area (Å²) in [5, 5.41) is 2.29. The molecule has 1 aromatic heterocycles. The third kappa shape index (κ3) is 3.74. The largest absolute Gasteiger partial charge is 0.424 e. The molecule has 0 saturated heterocycles. The van der Waals surface area contributed by atoms with Crippen molar-refractivity contribution in [1.29, 1.82) is 0 Å². The van der Waals surface area contributed by atoms with Crippen molar-refractivity contribution >= 4 is 11.6 Å².